The maximum atomic E-state index is 11.5. The summed E-state index contributed by atoms with van der Waals surface area (Å²) in [6.07, 6.45) is 3.77. The number of rotatable bonds is 9. The van der Waals surface area contributed by atoms with Crippen molar-refractivity contribution in [2.45, 2.75) is 39.2 Å². The monoisotopic (exact) mass is 290 g/mol. The summed E-state index contributed by atoms with van der Waals surface area (Å²) in [6, 6.07) is 8.23. The molecule has 0 aromatic heterocycles. The number of benzene rings is 1. The molecule has 1 aromatic rings. The fraction of sp³-hybridized carbons (Fsp3) is 0.588. The van der Waals surface area contributed by atoms with Gasteiger partial charge in [0.1, 0.15) is 5.75 Å². The Labute approximate surface area is 127 Å². The summed E-state index contributed by atoms with van der Waals surface area (Å²) in [7, 11) is 0. The number of carbonyl (C=O) groups is 1. The van der Waals surface area contributed by atoms with Crippen molar-refractivity contribution in [1.29, 1.82) is 0 Å². The average Bonchev–Trinajstić information content (AvgIpc) is 2.91. The third-order valence-corrected chi connectivity index (χ3v) is 3.69. The maximum Gasteiger partial charge on any atom is 0.222 e. The number of hydrogen-bond donors (Lipinski definition) is 1. The predicted octanol–water partition coefficient (Wildman–Crippen LogP) is 2.58. The van der Waals surface area contributed by atoms with E-state index in [9.17, 15) is 4.79 Å². The molecule has 4 heteroatoms. The number of likely N-dealkylation sites (tertiary alicyclic amines) is 1. The summed E-state index contributed by atoms with van der Waals surface area (Å²) >= 11 is 0. The fourth-order valence-electron chi connectivity index (χ4n) is 2.50. The molecule has 1 aliphatic heterocycles. The standard InChI is InChI=1S/C17H26N2O2/c1-2-10-18-14-15-6-8-16(9-7-15)21-13-4-12-19-11-3-5-17(19)20/h6-9,18H,2-5,10-14H2,1H3. The van der Waals surface area contributed by atoms with Crippen LogP contribution in [0.15, 0.2) is 24.3 Å². The van der Waals surface area contributed by atoms with Crippen LogP contribution in [0.4, 0.5) is 0 Å². The van der Waals surface area contributed by atoms with Gasteiger partial charge in [-0.3, -0.25) is 4.79 Å². The topological polar surface area (TPSA) is 41.6 Å². The molecule has 0 bridgehead atoms. The molecular formula is C17H26N2O2. The SMILES string of the molecule is CCCNCc1ccc(OCCCN2CCCC2=O)cc1. The predicted molar refractivity (Wildman–Crippen MR) is 84.4 cm³/mol. The van der Waals surface area contributed by atoms with E-state index in [1.165, 1.54) is 5.56 Å². The molecule has 0 saturated carbocycles. The summed E-state index contributed by atoms with van der Waals surface area (Å²) in [5.41, 5.74) is 1.28. The van der Waals surface area contributed by atoms with Gasteiger partial charge in [0.25, 0.3) is 0 Å². The Kier molecular flexibility index (Phi) is 6.54. The highest BCUT2D eigenvalue weighted by Crippen LogP contribution is 2.13. The van der Waals surface area contributed by atoms with Crippen LogP contribution in [0.3, 0.4) is 0 Å². The van der Waals surface area contributed by atoms with Gasteiger partial charge in [-0.15, -0.1) is 0 Å². The van der Waals surface area contributed by atoms with Crippen LogP contribution in [0.1, 0.15) is 38.2 Å². The highest BCUT2D eigenvalue weighted by atomic mass is 16.5. The van der Waals surface area contributed by atoms with Gasteiger partial charge in [0, 0.05) is 26.1 Å². The number of amides is 1. The summed E-state index contributed by atoms with van der Waals surface area (Å²) in [5.74, 6) is 1.20. The largest absolute Gasteiger partial charge is 0.494 e. The van der Waals surface area contributed by atoms with E-state index in [2.05, 4.69) is 24.4 Å². The van der Waals surface area contributed by atoms with Crippen molar-refractivity contribution in [1.82, 2.24) is 10.2 Å². The van der Waals surface area contributed by atoms with Gasteiger partial charge in [-0.25, -0.2) is 0 Å². The Hall–Kier alpha value is -1.55. The molecule has 1 saturated heterocycles. The number of hydrogen-bond acceptors (Lipinski definition) is 3. The minimum Gasteiger partial charge on any atom is -0.494 e. The van der Waals surface area contributed by atoms with Crippen molar-refractivity contribution < 1.29 is 9.53 Å². The van der Waals surface area contributed by atoms with E-state index in [1.54, 1.807) is 0 Å². The first-order valence-corrected chi connectivity index (χ1v) is 8.00. The first kappa shape index (κ1) is 15.8. The molecule has 4 nitrogen and oxygen atoms in total. The molecule has 0 unspecified atom stereocenters. The van der Waals surface area contributed by atoms with Gasteiger partial charge in [0.05, 0.1) is 6.61 Å². The van der Waals surface area contributed by atoms with Crippen LogP contribution in [0.2, 0.25) is 0 Å². The Balaban J connectivity index is 1.63. The Morgan fingerprint density at radius 2 is 2.10 bits per heavy atom. The molecule has 1 aliphatic rings. The third-order valence-electron chi connectivity index (χ3n) is 3.69. The van der Waals surface area contributed by atoms with E-state index < -0.39 is 0 Å². The smallest absolute Gasteiger partial charge is 0.222 e. The van der Waals surface area contributed by atoms with Crippen molar-refractivity contribution in [3.05, 3.63) is 29.8 Å². The molecule has 0 spiro atoms. The Morgan fingerprint density at radius 1 is 1.29 bits per heavy atom. The van der Waals surface area contributed by atoms with Gasteiger partial charge in [0.2, 0.25) is 5.91 Å². The molecule has 2 rings (SSSR count). The Morgan fingerprint density at radius 3 is 2.76 bits per heavy atom. The van der Waals surface area contributed by atoms with Crippen LogP contribution in [-0.2, 0) is 11.3 Å². The number of nitrogens with one attached hydrogen (secondary N) is 1. The van der Waals surface area contributed by atoms with Gasteiger partial charge in [-0.2, -0.15) is 0 Å². The van der Waals surface area contributed by atoms with Crippen LogP contribution in [0.25, 0.3) is 0 Å². The molecule has 0 atom stereocenters. The minimum atomic E-state index is 0.291. The van der Waals surface area contributed by atoms with Crippen molar-refractivity contribution in [2.24, 2.45) is 0 Å². The second-order valence-corrected chi connectivity index (χ2v) is 5.51. The third kappa shape index (κ3) is 5.38. The van der Waals surface area contributed by atoms with Gasteiger partial charge < -0.3 is 15.0 Å². The number of carbonyl (C=O) groups excluding carboxylic acids is 1. The molecule has 116 valence electrons. The van der Waals surface area contributed by atoms with Crippen LogP contribution in [0.5, 0.6) is 5.75 Å². The van der Waals surface area contributed by atoms with Crippen molar-refractivity contribution in [2.75, 3.05) is 26.2 Å². The van der Waals surface area contributed by atoms with Gasteiger partial charge in [0.15, 0.2) is 0 Å². The van der Waals surface area contributed by atoms with Crippen LogP contribution in [-0.4, -0.2) is 37.0 Å². The lowest BCUT2D eigenvalue weighted by molar-refractivity contribution is -0.127. The average molecular weight is 290 g/mol. The normalized spacial score (nSPS) is 14.7. The zero-order chi connectivity index (χ0) is 14.9. The summed E-state index contributed by atoms with van der Waals surface area (Å²) < 4.78 is 5.72. The zero-order valence-electron chi connectivity index (χ0n) is 12.9. The van der Waals surface area contributed by atoms with Gasteiger partial charge >= 0.3 is 0 Å². The van der Waals surface area contributed by atoms with Crippen molar-refractivity contribution in [3.63, 3.8) is 0 Å². The van der Waals surface area contributed by atoms with E-state index in [1.807, 2.05) is 17.0 Å². The number of ether oxygens (including phenoxy) is 1. The second-order valence-electron chi connectivity index (χ2n) is 5.51. The first-order chi connectivity index (χ1) is 10.3. The van der Waals surface area contributed by atoms with Crippen molar-refractivity contribution >= 4 is 5.91 Å². The van der Waals surface area contributed by atoms with E-state index in [0.29, 0.717) is 18.9 Å². The van der Waals surface area contributed by atoms with Gasteiger partial charge in [-0.05, 0) is 43.5 Å². The minimum absolute atomic E-state index is 0.291. The van der Waals surface area contributed by atoms with Crippen LogP contribution in [0, 0.1) is 0 Å². The molecule has 1 N–H and O–H groups in total. The Bertz CT molecular complexity index is 431. The fourth-order valence-corrected chi connectivity index (χ4v) is 2.50. The second kappa shape index (κ2) is 8.67. The molecule has 1 aromatic carbocycles. The van der Waals surface area contributed by atoms with Crippen LogP contribution < -0.4 is 10.1 Å². The first-order valence-electron chi connectivity index (χ1n) is 8.00. The summed E-state index contributed by atoms with van der Waals surface area (Å²) in [4.78, 5) is 13.4. The summed E-state index contributed by atoms with van der Waals surface area (Å²) in [5, 5.41) is 3.38. The maximum absolute atomic E-state index is 11.5. The highest BCUT2D eigenvalue weighted by molar-refractivity contribution is 5.77. The van der Waals surface area contributed by atoms with E-state index in [-0.39, 0.29) is 0 Å². The molecule has 0 aliphatic carbocycles. The molecule has 0 radical (unpaired) electrons. The molecule has 1 amide bonds. The highest BCUT2D eigenvalue weighted by Gasteiger charge is 2.18. The van der Waals surface area contributed by atoms with Crippen LogP contribution >= 0.6 is 0 Å². The molecule has 1 fully saturated rings. The summed E-state index contributed by atoms with van der Waals surface area (Å²) in [6.45, 7) is 6.52. The van der Waals surface area contributed by atoms with E-state index in [4.69, 9.17) is 4.74 Å². The molecule has 1 heterocycles. The lowest BCUT2D eigenvalue weighted by atomic mass is 10.2. The quantitative estimate of drug-likeness (QED) is 0.711. The van der Waals surface area contributed by atoms with Gasteiger partial charge in [-0.1, -0.05) is 19.1 Å². The lowest BCUT2D eigenvalue weighted by Gasteiger charge is -2.15. The lowest BCUT2D eigenvalue weighted by Crippen LogP contribution is -2.26. The zero-order valence-corrected chi connectivity index (χ0v) is 12.9. The molecule has 21 heavy (non-hydrogen) atoms. The van der Waals surface area contributed by atoms with E-state index in [0.717, 1.165) is 51.2 Å². The molecular weight excluding hydrogens is 264 g/mol. The number of nitrogens with zero attached hydrogens (tertiary/aromatic N) is 1. The van der Waals surface area contributed by atoms with Crippen molar-refractivity contribution in [3.8, 4) is 5.75 Å². The van der Waals surface area contributed by atoms with E-state index >= 15 is 0 Å².